The van der Waals surface area contributed by atoms with Gasteiger partial charge < -0.3 is 24.5 Å². The lowest BCUT2D eigenvalue weighted by Crippen LogP contribution is -2.52. The summed E-state index contributed by atoms with van der Waals surface area (Å²) in [5, 5.41) is 2.99. The fraction of sp³-hybridized carbons (Fsp3) is 0.389. The average molecular weight is 354 g/mol. The van der Waals surface area contributed by atoms with Crippen molar-refractivity contribution in [3.63, 3.8) is 0 Å². The van der Waals surface area contributed by atoms with E-state index in [4.69, 9.17) is 4.42 Å². The van der Waals surface area contributed by atoms with Gasteiger partial charge in [-0.05, 0) is 26.0 Å². The molecule has 0 bridgehead atoms. The second-order valence-corrected chi connectivity index (χ2v) is 6.56. The Kier molecular flexibility index (Phi) is 4.24. The van der Waals surface area contributed by atoms with Gasteiger partial charge in [-0.1, -0.05) is 12.1 Å². The zero-order chi connectivity index (χ0) is 18.1. The lowest BCUT2D eigenvalue weighted by atomic mass is 10.3. The van der Waals surface area contributed by atoms with E-state index in [-0.39, 0.29) is 12.1 Å². The number of aromatic amines is 1. The predicted molar refractivity (Wildman–Crippen MR) is 98.1 cm³/mol. The number of fused-ring (bicyclic) bond motifs is 1. The Morgan fingerprint density at radius 1 is 1.27 bits per heavy atom. The van der Waals surface area contributed by atoms with Gasteiger partial charge in [-0.2, -0.15) is 4.98 Å². The number of rotatable bonds is 3. The van der Waals surface area contributed by atoms with Gasteiger partial charge in [-0.15, -0.1) is 0 Å². The molecule has 0 aliphatic carbocycles. The Balaban J connectivity index is 1.34. The summed E-state index contributed by atoms with van der Waals surface area (Å²) in [4.78, 5) is 28.3. The van der Waals surface area contributed by atoms with E-state index >= 15 is 0 Å². The summed E-state index contributed by atoms with van der Waals surface area (Å²) in [6.07, 6.45) is 1.76. The SMILES string of the molecule is Cc1cnc(C(C)NC(=O)N2CCN(c3nc4ccccc4o3)CC2)[nH]1. The molecule has 0 radical (unpaired) electrons. The number of para-hydroxylation sites is 2. The molecule has 8 nitrogen and oxygen atoms in total. The highest BCUT2D eigenvalue weighted by Gasteiger charge is 2.25. The van der Waals surface area contributed by atoms with Gasteiger partial charge in [0, 0.05) is 38.1 Å². The number of H-pyrrole nitrogens is 1. The number of aryl methyl sites for hydroxylation is 1. The summed E-state index contributed by atoms with van der Waals surface area (Å²) >= 11 is 0. The molecule has 0 saturated carbocycles. The maximum Gasteiger partial charge on any atom is 0.318 e. The van der Waals surface area contributed by atoms with E-state index in [0.717, 1.165) is 22.6 Å². The van der Waals surface area contributed by atoms with Crippen LogP contribution in [-0.4, -0.2) is 52.1 Å². The Bertz CT molecular complexity index is 876. The van der Waals surface area contributed by atoms with Crippen molar-refractivity contribution in [2.24, 2.45) is 0 Å². The summed E-state index contributed by atoms with van der Waals surface area (Å²) < 4.78 is 5.81. The highest BCUT2D eigenvalue weighted by molar-refractivity contribution is 5.75. The average Bonchev–Trinajstić information content (AvgIpc) is 3.28. The molecule has 8 heteroatoms. The third kappa shape index (κ3) is 3.22. The number of hydrogen-bond acceptors (Lipinski definition) is 5. The number of carbonyl (C=O) groups is 1. The van der Waals surface area contributed by atoms with Crippen LogP contribution in [0.15, 0.2) is 34.9 Å². The second kappa shape index (κ2) is 6.70. The van der Waals surface area contributed by atoms with Crippen LogP contribution in [-0.2, 0) is 0 Å². The molecule has 1 aliphatic heterocycles. The van der Waals surface area contributed by atoms with E-state index < -0.39 is 0 Å². The minimum atomic E-state index is -0.161. The van der Waals surface area contributed by atoms with Gasteiger partial charge in [-0.25, -0.2) is 9.78 Å². The minimum Gasteiger partial charge on any atom is -0.423 e. The molecule has 136 valence electrons. The molecule has 26 heavy (non-hydrogen) atoms. The first-order valence-electron chi connectivity index (χ1n) is 8.77. The monoisotopic (exact) mass is 354 g/mol. The molecule has 0 spiro atoms. The third-order valence-electron chi connectivity index (χ3n) is 4.59. The Morgan fingerprint density at radius 2 is 2.04 bits per heavy atom. The van der Waals surface area contributed by atoms with Crippen LogP contribution >= 0.6 is 0 Å². The van der Waals surface area contributed by atoms with Crippen molar-refractivity contribution >= 4 is 23.1 Å². The minimum absolute atomic E-state index is 0.0798. The first kappa shape index (κ1) is 16.4. The van der Waals surface area contributed by atoms with Crippen molar-refractivity contribution in [1.29, 1.82) is 0 Å². The van der Waals surface area contributed by atoms with Crippen LogP contribution in [0.4, 0.5) is 10.8 Å². The molecule has 1 aromatic carbocycles. The number of carbonyl (C=O) groups excluding carboxylic acids is 1. The number of imidazole rings is 1. The molecule has 1 fully saturated rings. The van der Waals surface area contributed by atoms with Crippen LogP contribution in [0.1, 0.15) is 24.5 Å². The normalized spacial score (nSPS) is 16.1. The number of amides is 2. The number of urea groups is 1. The van der Waals surface area contributed by atoms with E-state index in [1.807, 2.05) is 43.0 Å². The van der Waals surface area contributed by atoms with Gasteiger partial charge >= 0.3 is 6.03 Å². The van der Waals surface area contributed by atoms with Crippen LogP contribution in [0, 0.1) is 6.92 Å². The number of benzene rings is 1. The molecular formula is C18H22N6O2. The fourth-order valence-electron chi connectivity index (χ4n) is 3.09. The molecule has 1 unspecified atom stereocenters. The maximum atomic E-state index is 12.5. The van der Waals surface area contributed by atoms with Crippen LogP contribution in [0.25, 0.3) is 11.1 Å². The molecule has 1 aliphatic rings. The first-order valence-corrected chi connectivity index (χ1v) is 8.77. The molecule has 2 N–H and O–H groups in total. The van der Waals surface area contributed by atoms with Crippen molar-refractivity contribution in [3.05, 3.63) is 42.0 Å². The van der Waals surface area contributed by atoms with E-state index in [1.54, 1.807) is 6.20 Å². The number of piperazine rings is 1. The topological polar surface area (TPSA) is 90.3 Å². The molecule has 2 aromatic heterocycles. The fourth-order valence-corrected chi connectivity index (χ4v) is 3.09. The molecule has 3 aromatic rings. The summed E-state index contributed by atoms with van der Waals surface area (Å²) in [5.41, 5.74) is 2.61. The van der Waals surface area contributed by atoms with Gasteiger partial charge in [0.2, 0.25) is 0 Å². The Hall–Kier alpha value is -3.03. The third-order valence-corrected chi connectivity index (χ3v) is 4.59. The van der Waals surface area contributed by atoms with E-state index in [9.17, 15) is 4.79 Å². The summed E-state index contributed by atoms with van der Waals surface area (Å²) in [5.74, 6) is 0.765. The number of aromatic nitrogens is 3. The highest BCUT2D eigenvalue weighted by atomic mass is 16.4. The largest absolute Gasteiger partial charge is 0.423 e. The number of anilines is 1. The summed E-state index contributed by atoms with van der Waals surface area (Å²) in [7, 11) is 0. The van der Waals surface area contributed by atoms with E-state index in [1.165, 1.54) is 0 Å². The predicted octanol–water partition coefficient (Wildman–Crippen LogP) is 2.45. The first-order chi connectivity index (χ1) is 12.6. The van der Waals surface area contributed by atoms with Crippen molar-refractivity contribution in [2.45, 2.75) is 19.9 Å². The van der Waals surface area contributed by atoms with Crippen LogP contribution in [0.2, 0.25) is 0 Å². The van der Waals surface area contributed by atoms with Crippen molar-refractivity contribution in [3.8, 4) is 0 Å². The van der Waals surface area contributed by atoms with Crippen molar-refractivity contribution < 1.29 is 9.21 Å². The van der Waals surface area contributed by atoms with Crippen molar-refractivity contribution in [1.82, 2.24) is 25.2 Å². The van der Waals surface area contributed by atoms with Crippen LogP contribution in [0.5, 0.6) is 0 Å². The molecule has 1 atom stereocenters. The molecule has 3 heterocycles. The Morgan fingerprint density at radius 3 is 2.73 bits per heavy atom. The molecular weight excluding hydrogens is 332 g/mol. The zero-order valence-corrected chi connectivity index (χ0v) is 14.9. The van der Waals surface area contributed by atoms with Crippen LogP contribution < -0.4 is 10.2 Å². The quantitative estimate of drug-likeness (QED) is 0.754. The number of nitrogens with zero attached hydrogens (tertiary/aromatic N) is 4. The van der Waals surface area contributed by atoms with Crippen LogP contribution in [0.3, 0.4) is 0 Å². The molecule has 4 rings (SSSR count). The lowest BCUT2D eigenvalue weighted by Gasteiger charge is -2.34. The lowest BCUT2D eigenvalue weighted by molar-refractivity contribution is 0.190. The number of nitrogens with one attached hydrogen (secondary N) is 2. The van der Waals surface area contributed by atoms with Gasteiger partial charge in [0.05, 0.1) is 6.04 Å². The number of oxazole rings is 1. The zero-order valence-electron chi connectivity index (χ0n) is 14.9. The Labute approximate surface area is 151 Å². The van der Waals surface area contributed by atoms with Gasteiger partial charge in [-0.3, -0.25) is 0 Å². The molecule has 1 saturated heterocycles. The highest BCUT2D eigenvalue weighted by Crippen LogP contribution is 2.22. The summed E-state index contributed by atoms with van der Waals surface area (Å²) in [6, 6.07) is 8.09. The van der Waals surface area contributed by atoms with Crippen molar-refractivity contribution in [2.75, 3.05) is 31.1 Å². The standard InChI is InChI=1S/C18H22N6O2/c1-12-11-19-16(20-12)13(2)21-17(25)23-7-9-24(10-8-23)18-22-14-5-3-4-6-15(14)26-18/h3-6,11,13H,7-10H2,1-2H3,(H,19,20)(H,21,25). The van der Waals surface area contributed by atoms with Gasteiger partial charge in [0.15, 0.2) is 5.58 Å². The maximum absolute atomic E-state index is 12.5. The molecule has 2 amide bonds. The summed E-state index contributed by atoms with van der Waals surface area (Å²) in [6.45, 7) is 6.48. The van der Waals surface area contributed by atoms with E-state index in [2.05, 4.69) is 25.2 Å². The van der Waals surface area contributed by atoms with E-state index in [0.29, 0.717) is 32.2 Å². The second-order valence-electron chi connectivity index (χ2n) is 6.56. The number of hydrogen-bond donors (Lipinski definition) is 2. The van der Waals surface area contributed by atoms with Gasteiger partial charge in [0.25, 0.3) is 6.01 Å². The van der Waals surface area contributed by atoms with Gasteiger partial charge in [0.1, 0.15) is 11.3 Å². The smallest absolute Gasteiger partial charge is 0.318 e.